The molecule has 0 saturated heterocycles. The number of nitrogens with zero attached hydrogens (tertiary/aromatic N) is 1. The summed E-state index contributed by atoms with van der Waals surface area (Å²) in [7, 11) is 0. The van der Waals surface area contributed by atoms with E-state index in [2.05, 4.69) is 45.8 Å². The van der Waals surface area contributed by atoms with Crippen LogP contribution >= 0.6 is 34.4 Å². The normalized spacial score (nSPS) is 10.3. The van der Waals surface area contributed by atoms with Gasteiger partial charge in [0.1, 0.15) is 0 Å². The van der Waals surface area contributed by atoms with Crippen molar-refractivity contribution in [3.05, 3.63) is 64.2 Å². The minimum absolute atomic E-state index is 0.669. The van der Waals surface area contributed by atoms with Crippen molar-refractivity contribution in [3.63, 3.8) is 0 Å². The van der Waals surface area contributed by atoms with Crippen LogP contribution in [0.2, 0.25) is 0 Å². The second-order valence-electron chi connectivity index (χ2n) is 4.36. The van der Waals surface area contributed by atoms with E-state index >= 15 is 0 Å². The van der Waals surface area contributed by atoms with E-state index in [9.17, 15) is 4.79 Å². The molecule has 0 aliphatic heterocycles. The fraction of sp³-hybridized carbons (Fsp3) is 0. The Morgan fingerprint density at radius 2 is 1.76 bits per heavy atom. The van der Waals surface area contributed by atoms with Gasteiger partial charge in [0.2, 0.25) is 6.08 Å². The summed E-state index contributed by atoms with van der Waals surface area (Å²) in [6, 6.07) is 20.2. The molecule has 0 unspecified atom stereocenters. The number of carbonyl (C=O) groups excluding carboxylic acids is 1. The lowest BCUT2D eigenvalue weighted by atomic mass is 10.1. The Kier molecular flexibility index (Phi) is 4.39. The number of fused-ring (bicyclic) bond motifs is 1. The average Bonchev–Trinajstić information content (AvgIpc) is 2.51. The van der Waals surface area contributed by atoms with Gasteiger partial charge in [0.15, 0.2) is 0 Å². The van der Waals surface area contributed by atoms with Crippen molar-refractivity contribution in [2.45, 2.75) is 9.79 Å². The molecular weight excluding hydrogens is 393 g/mol. The Morgan fingerprint density at radius 3 is 2.52 bits per heavy atom. The quantitative estimate of drug-likeness (QED) is 0.325. The number of benzene rings is 3. The largest absolute Gasteiger partial charge is 0.240 e. The maximum absolute atomic E-state index is 10.6. The van der Waals surface area contributed by atoms with Crippen LogP contribution in [0, 0.1) is 3.57 Å². The molecule has 0 spiro atoms. The predicted octanol–water partition coefficient (Wildman–Crippen LogP) is 5.56. The Hall–Kier alpha value is -1.62. The number of hydrogen-bond acceptors (Lipinski definition) is 3. The topological polar surface area (TPSA) is 29.4 Å². The molecule has 0 bridgehead atoms. The van der Waals surface area contributed by atoms with Crippen molar-refractivity contribution in [1.29, 1.82) is 0 Å². The van der Waals surface area contributed by atoms with Crippen molar-refractivity contribution in [2.75, 3.05) is 0 Å². The van der Waals surface area contributed by atoms with Crippen LogP contribution in [0.4, 0.5) is 5.69 Å². The van der Waals surface area contributed by atoms with Crippen LogP contribution < -0.4 is 0 Å². The van der Waals surface area contributed by atoms with Crippen molar-refractivity contribution >= 4 is 56.9 Å². The second-order valence-corrected chi connectivity index (χ2v) is 6.64. The van der Waals surface area contributed by atoms with Crippen LogP contribution in [-0.4, -0.2) is 6.08 Å². The van der Waals surface area contributed by atoms with Gasteiger partial charge in [0.25, 0.3) is 0 Å². The van der Waals surface area contributed by atoms with E-state index in [1.54, 1.807) is 17.8 Å². The van der Waals surface area contributed by atoms with Crippen LogP contribution in [-0.2, 0) is 4.79 Å². The standard InChI is InChI=1S/C17H10INOS/c18-14-8-4-7-13-16(21-12-5-2-1-3-6-12)10-9-15(17(13)14)19-11-20/h1-10H. The maximum Gasteiger partial charge on any atom is 0.240 e. The van der Waals surface area contributed by atoms with Gasteiger partial charge in [-0.15, -0.1) is 0 Å². The molecule has 3 aromatic carbocycles. The summed E-state index contributed by atoms with van der Waals surface area (Å²) in [6.07, 6.45) is 1.64. The minimum atomic E-state index is 0.669. The second kappa shape index (κ2) is 6.43. The van der Waals surface area contributed by atoms with Gasteiger partial charge < -0.3 is 0 Å². The zero-order chi connectivity index (χ0) is 14.7. The Labute approximate surface area is 140 Å². The molecule has 4 heteroatoms. The average molecular weight is 403 g/mol. The zero-order valence-corrected chi connectivity index (χ0v) is 13.9. The molecule has 0 fully saturated rings. The van der Waals surface area contributed by atoms with E-state index in [0.717, 1.165) is 19.2 Å². The van der Waals surface area contributed by atoms with Crippen LogP contribution in [0.15, 0.2) is 75.4 Å². The fourth-order valence-corrected chi connectivity index (χ4v) is 3.90. The lowest BCUT2D eigenvalue weighted by Crippen LogP contribution is -1.83. The summed E-state index contributed by atoms with van der Waals surface area (Å²) < 4.78 is 1.08. The highest BCUT2D eigenvalue weighted by atomic mass is 127. The number of hydrogen-bond donors (Lipinski definition) is 0. The first kappa shape index (κ1) is 14.3. The van der Waals surface area contributed by atoms with Gasteiger partial charge in [0.05, 0.1) is 5.69 Å². The highest BCUT2D eigenvalue weighted by Gasteiger charge is 2.09. The third kappa shape index (κ3) is 3.02. The first-order valence-electron chi connectivity index (χ1n) is 6.31. The molecule has 102 valence electrons. The zero-order valence-electron chi connectivity index (χ0n) is 10.9. The molecule has 2 nitrogen and oxygen atoms in total. The maximum atomic E-state index is 10.6. The molecule has 0 saturated carbocycles. The van der Waals surface area contributed by atoms with Crippen LogP contribution in [0.1, 0.15) is 0 Å². The number of halogens is 1. The van der Waals surface area contributed by atoms with Crippen LogP contribution in [0.5, 0.6) is 0 Å². The molecule has 21 heavy (non-hydrogen) atoms. The molecule has 0 radical (unpaired) electrons. The molecule has 0 atom stereocenters. The monoisotopic (exact) mass is 403 g/mol. The number of rotatable bonds is 3. The van der Waals surface area contributed by atoms with E-state index < -0.39 is 0 Å². The predicted molar refractivity (Wildman–Crippen MR) is 95.0 cm³/mol. The van der Waals surface area contributed by atoms with Crippen molar-refractivity contribution < 1.29 is 4.79 Å². The number of aliphatic imine (C=N–C) groups is 1. The van der Waals surface area contributed by atoms with Gasteiger partial charge in [-0.05, 0) is 58.3 Å². The van der Waals surface area contributed by atoms with Gasteiger partial charge in [-0.25, -0.2) is 4.79 Å². The highest BCUT2D eigenvalue weighted by Crippen LogP contribution is 2.39. The van der Waals surface area contributed by atoms with E-state index in [4.69, 9.17) is 0 Å². The van der Waals surface area contributed by atoms with Crippen molar-refractivity contribution in [1.82, 2.24) is 0 Å². The molecule has 0 aromatic heterocycles. The molecule has 0 N–H and O–H groups in total. The molecule has 3 rings (SSSR count). The molecule has 0 aliphatic carbocycles. The molecular formula is C17H10INOS. The highest BCUT2D eigenvalue weighted by molar-refractivity contribution is 14.1. The first-order valence-corrected chi connectivity index (χ1v) is 8.21. The first-order chi connectivity index (χ1) is 10.3. The van der Waals surface area contributed by atoms with Gasteiger partial charge >= 0.3 is 0 Å². The van der Waals surface area contributed by atoms with E-state index in [0.29, 0.717) is 5.69 Å². The van der Waals surface area contributed by atoms with E-state index in [1.807, 2.05) is 42.5 Å². The lowest BCUT2D eigenvalue weighted by molar-refractivity contribution is 0.565. The summed E-state index contributed by atoms with van der Waals surface area (Å²) >= 11 is 3.98. The summed E-state index contributed by atoms with van der Waals surface area (Å²) in [5.74, 6) is 0. The molecule has 0 heterocycles. The number of isocyanates is 1. The SMILES string of the molecule is O=C=Nc1ccc(Sc2ccccc2)c2cccc(I)c12. The Balaban J connectivity index is 2.19. The van der Waals surface area contributed by atoms with Crippen LogP contribution in [0.25, 0.3) is 10.8 Å². The third-order valence-electron chi connectivity index (χ3n) is 3.06. The van der Waals surface area contributed by atoms with Crippen molar-refractivity contribution in [3.8, 4) is 0 Å². The summed E-state index contributed by atoms with van der Waals surface area (Å²) in [5.41, 5.74) is 0.669. The van der Waals surface area contributed by atoms with Gasteiger partial charge in [-0.2, -0.15) is 4.99 Å². The fourth-order valence-electron chi connectivity index (χ4n) is 2.16. The molecule has 0 aliphatic rings. The van der Waals surface area contributed by atoms with Crippen LogP contribution in [0.3, 0.4) is 0 Å². The minimum Gasteiger partial charge on any atom is -0.211 e. The smallest absolute Gasteiger partial charge is 0.211 e. The van der Waals surface area contributed by atoms with E-state index in [-0.39, 0.29) is 0 Å². The van der Waals surface area contributed by atoms with E-state index in [1.165, 1.54) is 4.90 Å². The van der Waals surface area contributed by atoms with Gasteiger partial charge in [-0.1, -0.05) is 42.1 Å². The molecule has 3 aromatic rings. The van der Waals surface area contributed by atoms with Crippen molar-refractivity contribution in [2.24, 2.45) is 4.99 Å². The third-order valence-corrected chi connectivity index (χ3v) is 5.05. The molecule has 0 amide bonds. The lowest BCUT2D eigenvalue weighted by Gasteiger charge is -2.09. The van der Waals surface area contributed by atoms with Gasteiger partial charge in [0, 0.05) is 18.7 Å². The summed E-state index contributed by atoms with van der Waals surface area (Å²) in [6.45, 7) is 0. The summed E-state index contributed by atoms with van der Waals surface area (Å²) in [4.78, 5) is 16.8. The Morgan fingerprint density at radius 1 is 0.952 bits per heavy atom. The summed E-state index contributed by atoms with van der Waals surface area (Å²) in [5, 5.41) is 2.11. The Bertz CT molecular complexity index is 842. The van der Waals surface area contributed by atoms with Gasteiger partial charge in [-0.3, -0.25) is 0 Å².